The van der Waals surface area contributed by atoms with Gasteiger partial charge in [0.05, 0.1) is 11.0 Å². The van der Waals surface area contributed by atoms with Crippen LogP contribution in [0, 0.1) is 5.82 Å². The number of imidazole rings is 1. The number of aromatic hydroxyl groups is 1. The van der Waals surface area contributed by atoms with Crippen LogP contribution in [0.5, 0.6) is 5.75 Å². The van der Waals surface area contributed by atoms with E-state index in [0.29, 0.717) is 21.4 Å². The van der Waals surface area contributed by atoms with Crippen molar-refractivity contribution >= 4 is 27.0 Å². The zero-order valence-corrected chi connectivity index (χ0v) is 10.7. The molecule has 3 rings (SSSR count). The number of hydrogen-bond acceptors (Lipinski definition) is 2. The number of phenolic OH excluding ortho intramolecular Hbond substituents is 1. The summed E-state index contributed by atoms with van der Waals surface area (Å²) >= 11 is 3.24. The molecular formula is C13H8BrFN2O. The largest absolute Gasteiger partial charge is 0.508 e. The van der Waals surface area contributed by atoms with Crippen LogP contribution in [0.2, 0.25) is 0 Å². The van der Waals surface area contributed by atoms with Crippen molar-refractivity contribution in [2.75, 3.05) is 0 Å². The highest BCUT2D eigenvalue weighted by Gasteiger charge is 2.08. The lowest BCUT2D eigenvalue weighted by atomic mass is 10.2. The van der Waals surface area contributed by atoms with Gasteiger partial charge >= 0.3 is 0 Å². The van der Waals surface area contributed by atoms with Crippen molar-refractivity contribution in [1.82, 2.24) is 9.97 Å². The lowest BCUT2D eigenvalue weighted by molar-refractivity contribution is 0.476. The fraction of sp³-hybridized carbons (Fsp3) is 0. The molecule has 3 nitrogen and oxygen atoms in total. The molecule has 0 unspecified atom stereocenters. The van der Waals surface area contributed by atoms with Gasteiger partial charge in [0.1, 0.15) is 17.4 Å². The van der Waals surface area contributed by atoms with Gasteiger partial charge in [-0.3, -0.25) is 0 Å². The number of hydrogen-bond donors (Lipinski definition) is 2. The number of nitrogens with zero attached hydrogens (tertiary/aromatic N) is 1. The lowest BCUT2D eigenvalue weighted by Gasteiger charge is -1.98. The Morgan fingerprint density at radius 3 is 2.78 bits per heavy atom. The van der Waals surface area contributed by atoms with Gasteiger partial charge in [-0.05, 0) is 30.3 Å². The van der Waals surface area contributed by atoms with Crippen LogP contribution in [0.3, 0.4) is 0 Å². The Bertz CT molecular complexity index is 719. The Hall–Kier alpha value is -1.88. The summed E-state index contributed by atoms with van der Waals surface area (Å²) in [7, 11) is 0. The van der Waals surface area contributed by atoms with Gasteiger partial charge in [0.2, 0.25) is 0 Å². The van der Waals surface area contributed by atoms with E-state index in [1.165, 1.54) is 12.1 Å². The average molecular weight is 307 g/mol. The minimum atomic E-state index is -0.331. The van der Waals surface area contributed by atoms with Gasteiger partial charge in [0, 0.05) is 16.1 Å². The van der Waals surface area contributed by atoms with E-state index in [1.807, 2.05) is 0 Å². The highest BCUT2D eigenvalue weighted by Crippen LogP contribution is 2.26. The second-order valence-electron chi connectivity index (χ2n) is 3.94. The van der Waals surface area contributed by atoms with E-state index in [0.717, 1.165) is 5.52 Å². The van der Waals surface area contributed by atoms with Crippen molar-refractivity contribution in [3.63, 3.8) is 0 Å². The molecule has 0 radical (unpaired) electrons. The number of aromatic nitrogens is 2. The third-order valence-electron chi connectivity index (χ3n) is 2.60. The van der Waals surface area contributed by atoms with Crippen molar-refractivity contribution in [2.24, 2.45) is 0 Å². The smallest absolute Gasteiger partial charge is 0.138 e. The minimum absolute atomic E-state index is 0.165. The standard InChI is InChI=1S/C13H8BrFN2O/c14-8-3-7(4-9(15)5-8)13-16-11-2-1-10(18)6-12(11)17-13/h1-6,18H,(H,16,17). The summed E-state index contributed by atoms with van der Waals surface area (Å²) in [5.74, 6) is 0.400. The number of rotatable bonds is 1. The number of phenols is 1. The van der Waals surface area contributed by atoms with Gasteiger partial charge in [-0.15, -0.1) is 0 Å². The average Bonchev–Trinajstić information content (AvgIpc) is 2.70. The molecule has 90 valence electrons. The SMILES string of the molecule is Oc1ccc2nc(-c3cc(F)cc(Br)c3)[nH]c2c1. The number of aromatic amines is 1. The van der Waals surface area contributed by atoms with Gasteiger partial charge in [0.15, 0.2) is 0 Å². The third kappa shape index (κ3) is 1.97. The molecular weight excluding hydrogens is 299 g/mol. The monoisotopic (exact) mass is 306 g/mol. The van der Waals surface area contributed by atoms with Crippen LogP contribution in [-0.4, -0.2) is 15.1 Å². The van der Waals surface area contributed by atoms with Gasteiger partial charge in [-0.1, -0.05) is 15.9 Å². The normalized spacial score (nSPS) is 11.0. The Labute approximate surface area is 110 Å². The van der Waals surface area contributed by atoms with E-state index in [9.17, 15) is 9.50 Å². The van der Waals surface area contributed by atoms with Crippen LogP contribution in [0.25, 0.3) is 22.4 Å². The number of fused-ring (bicyclic) bond motifs is 1. The molecule has 18 heavy (non-hydrogen) atoms. The molecule has 0 aliphatic carbocycles. The van der Waals surface area contributed by atoms with Gasteiger partial charge in [-0.25, -0.2) is 9.37 Å². The van der Waals surface area contributed by atoms with Gasteiger partial charge in [-0.2, -0.15) is 0 Å². The topological polar surface area (TPSA) is 48.9 Å². The molecule has 0 aliphatic heterocycles. The molecule has 1 aromatic heterocycles. The molecule has 2 N–H and O–H groups in total. The van der Waals surface area contributed by atoms with Crippen LogP contribution in [-0.2, 0) is 0 Å². The maximum Gasteiger partial charge on any atom is 0.138 e. The highest BCUT2D eigenvalue weighted by molar-refractivity contribution is 9.10. The van der Waals surface area contributed by atoms with E-state index in [1.54, 1.807) is 24.3 Å². The molecule has 1 heterocycles. The van der Waals surface area contributed by atoms with Crippen molar-refractivity contribution < 1.29 is 9.50 Å². The quantitative estimate of drug-likeness (QED) is 0.717. The molecule has 0 aliphatic rings. The van der Waals surface area contributed by atoms with E-state index in [4.69, 9.17) is 0 Å². The second kappa shape index (κ2) is 4.10. The first-order valence-corrected chi connectivity index (χ1v) is 6.06. The summed E-state index contributed by atoms with van der Waals surface area (Å²) in [6, 6.07) is 9.43. The predicted molar refractivity (Wildman–Crippen MR) is 70.9 cm³/mol. The first-order chi connectivity index (χ1) is 8.61. The number of halogens is 2. The fourth-order valence-electron chi connectivity index (χ4n) is 1.82. The van der Waals surface area contributed by atoms with E-state index in [-0.39, 0.29) is 11.6 Å². The maximum absolute atomic E-state index is 13.3. The Morgan fingerprint density at radius 1 is 1.17 bits per heavy atom. The second-order valence-corrected chi connectivity index (χ2v) is 4.86. The van der Waals surface area contributed by atoms with E-state index in [2.05, 4.69) is 25.9 Å². The Balaban J connectivity index is 2.19. The van der Waals surface area contributed by atoms with Crippen molar-refractivity contribution in [3.8, 4) is 17.1 Å². The van der Waals surface area contributed by atoms with Gasteiger partial charge < -0.3 is 10.1 Å². The summed E-state index contributed by atoms with van der Waals surface area (Å²) in [5.41, 5.74) is 2.09. The molecule has 3 aromatic rings. The summed E-state index contributed by atoms with van der Waals surface area (Å²) < 4.78 is 14.0. The summed E-state index contributed by atoms with van der Waals surface area (Å²) in [4.78, 5) is 7.40. The van der Waals surface area contributed by atoms with Crippen molar-refractivity contribution in [3.05, 3.63) is 46.7 Å². The number of benzene rings is 2. The maximum atomic E-state index is 13.3. The van der Waals surface area contributed by atoms with Crippen LogP contribution >= 0.6 is 15.9 Å². The van der Waals surface area contributed by atoms with Crippen LogP contribution in [0.4, 0.5) is 4.39 Å². The van der Waals surface area contributed by atoms with E-state index < -0.39 is 0 Å². The summed E-state index contributed by atoms with van der Waals surface area (Å²) in [6.07, 6.45) is 0. The van der Waals surface area contributed by atoms with Crippen LogP contribution in [0.15, 0.2) is 40.9 Å². The number of nitrogens with one attached hydrogen (secondary N) is 1. The highest BCUT2D eigenvalue weighted by atomic mass is 79.9. The predicted octanol–water partition coefficient (Wildman–Crippen LogP) is 3.84. The first-order valence-electron chi connectivity index (χ1n) is 5.27. The van der Waals surface area contributed by atoms with Crippen LogP contribution < -0.4 is 0 Å². The fourth-order valence-corrected chi connectivity index (χ4v) is 2.29. The summed E-state index contributed by atoms with van der Waals surface area (Å²) in [6.45, 7) is 0. The first kappa shape index (κ1) is 11.2. The molecule has 0 saturated heterocycles. The Kier molecular flexibility index (Phi) is 2.56. The molecule has 2 aromatic carbocycles. The third-order valence-corrected chi connectivity index (χ3v) is 3.06. The zero-order valence-electron chi connectivity index (χ0n) is 9.11. The van der Waals surface area contributed by atoms with Crippen molar-refractivity contribution in [1.29, 1.82) is 0 Å². The molecule has 5 heteroatoms. The molecule has 0 fully saturated rings. The zero-order chi connectivity index (χ0) is 12.7. The minimum Gasteiger partial charge on any atom is -0.508 e. The Morgan fingerprint density at radius 2 is 2.00 bits per heavy atom. The lowest BCUT2D eigenvalue weighted by Crippen LogP contribution is -1.83. The molecule has 0 amide bonds. The molecule has 0 spiro atoms. The molecule has 0 atom stereocenters. The number of H-pyrrole nitrogens is 1. The van der Waals surface area contributed by atoms with E-state index >= 15 is 0 Å². The van der Waals surface area contributed by atoms with Gasteiger partial charge in [0.25, 0.3) is 0 Å². The molecule has 0 bridgehead atoms. The van der Waals surface area contributed by atoms with Crippen LogP contribution in [0.1, 0.15) is 0 Å². The van der Waals surface area contributed by atoms with Crippen molar-refractivity contribution in [2.45, 2.75) is 0 Å². The summed E-state index contributed by atoms with van der Waals surface area (Å²) in [5, 5.41) is 9.38. The molecule has 0 saturated carbocycles.